The predicted molar refractivity (Wildman–Crippen MR) is 66.9 cm³/mol. The molecule has 1 saturated carbocycles. The van der Waals surface area contributed by atoms with E-state index in [4.69, 9.17) is 0 Å². The Hall–Kier alpha value is 0.0700. The number of rotatable bonds is 3. The van der Waals surface area contributed by atoms with Crippen molar-refractivity contribution in [2.24, 2.45) is 0 Å². The van der Waals surface area contributed by atoms with Gasteiger partial charge >= 0.3 is 0 Å². The number of hydrogen-bond acceptors (Lipinski definition) is 3. The average Bonchev–Trinajstić information content (AvgIpc) is 2.29. The normalized spacial score (nSPS) is 34.8. The zero-order chi connectivity index (χ0) is 11.4. The quantitative estimate of drug-likeness (QED) is 0.785. The lowest BCUT2D eigenvalue weighted by molar-refractivity contribution is 0.00243. The third kappa shape index (κ3) is 3.54. The van der Waals surface area contributed by atoms with Gasteiger partial charge in [-0.2, -0.15) is 0 Å². The summed E-state index contributed by atoms with van der Waals surface area (Å²) >= 11 is 0. The first-order valence-corrected chi connectivity index (χ1v) is 7.98. The van der Waals surface area contributed by atoms with Crippen molar-refractivity contribution in [2.75, 3.05) is 18.1 Å². The summed E-state index contributed by atoms with van der Waals surface area (Å²) in [4.78, 5) is 0. The van der Waals surface area contributed by atoms with Gasteiger partial charge in [-0.25, -0.2) is 0 Å². The maximum atomic E-state index is 11.2. The van der Waals surface area contributed by atoms with Gasteiger partial charge in [-0.1, -0.05) is 19.3 Å². The van der Waals surface area contributed by atoms with E-state index in [9.17, 15) is 9.32 Å². The molecule has 94 valence electrons. The highest BCUT2D eigenvalue weighted by molar-refractivity contribution is 7.85. The Labute approximate surface area is 100 Å². The fraction of sp³-hybridized carbons (Fsp3) is 1.00. The summed E-state index contributed by atoms with van der Waals surface area (Å²) in [7, 11) is -0.582. The predicted octanol–water partition coefficient (Wildman–Crippen LogP) is 1.18. The van der Waals surface area contributed by atoms with Gasteiger partial charge in [0.15, 0.2) is 0 Å². The van der Waals surface area contributed by atoms with Gasteiger partial charge in [0.2, 0.25) is 0 Å². The molecule has 1 saturated heterocycles. The van der Waals surface area contributed by atoms with Crippen LogP contribution in [0.2, 0.25) is 0 Å². The Balaban J connectivity index is 1.71. The summed E-state index contributed by atoms with van der Waals surface area (Å²) in [5.41, 5.74) is -0.463. The second-order valence-corrected chi connectivity index (χ2v) is 6.98. The third-order valence-electron chi connectivity index (χ3n) is 3.89. The summed E-state index contributed by atoms with van der Waals surface area (Å²) in [6.45, 7) is 0.726. The second-order valence-electron chi connectivity index (χ2n) is 5.29. The highest BCUT2D eigenvalue weighted by Gasteiger charge is 2.30. The van der Waals surface area contributed by atoms with Gasteiger partial charge in [0, 0.05) is 34.9 Å². The van der Waals surface area contributed by atoms with Gasteiger partial charge in [0.1, 0.15) is 0 Å². The van der Waals surface area contributed by atoms with Crippen molar-refractivity contribution in [3.05, 3.63) is 0 Å². The van der Waals surface area contributed by atoms with Crippen molar-refractivity contribution >= 4 is 10.8 Å². The van der Waals surface area contributed by atoms with Crippen LogP contribution in [0, 0.1) is 0 Å². The number of hydrogen-bond donors (Lipinski definition) is 2. The van der Waals surface area contributed by atoms with E-state index in [1.807, 2.05) is 0 Å². The van der Waals surface area contributed by atoms with E-state index in [1.54, 1.807) is 0 Å². The highest BCUT2D eigenvalue weighted by atomic mass is 32.2. The first kappa shape index (κ1) is 12.5. The molecule has 1 aliphatic heterocycles. The fourth-order valence-corrected chi connectivity index (χ4v) is 4.02. The van der Waals surface area contributed by atoms with E-state index in [-0.39, 0.29) is 0 Å². The topological polar surface area (TPSA) is 49.3 Å². The van der Waals surface area contributed by atoms with Gasteiger partial charge < -0.3 is 10.4 Å². The highest BCUT2D eigenvalue weighted by Crippen LogP contribution is 2.27. The minimum Gasteiger partial charge on any atom is -0.389 e. The van der Waals surface area contributed by atoms with Crippen molar-refractivity contribution in [3.63, 3.8) is 0 Å². The molecule has 2 rings (SSSR count). The summed E-state index contributed by atoms with van der Waals surface area (Å²) in [6.07, 6.45) is 7.48. The number of nitrogens with one attached hydrogen (secondary N) is 1. The molecule has 0 aromatic rings. The van der Waals surface area contributed by atoms with Crippen LogP contribution in [0.4, 0.5) is 0 Å². The third-order valence-corrected chi connectivity index (χ3v) is 5.27. The van der Waals surface area contributed by atoms with E-state index in [1.165, 1.54) is 6.42 Å². The van der Waals surface area contributed by atoms with Gasteiger partial charge in [0.05, 0.1) is 5.60 Å². The molecule has 0 amide bonds. The van der Waals surface area contributed by atoms with Gasteiger partial charge in [-0.3, -0.25) is 4.21 Å². The standard InChI is InChI=1S/C12H23NO2S/c14-12(6-2-1-3-7-12)10-13-11-4-8-16(15)9-5-11/h11,13-14H,1-10H2. The Morgan fingerprint density at radius 2 is 1.81 bits per heavy atom. The van der Waals surface area contributed by atoms with E-state index < -0.39 is 16.4 Å². The lowest BCUT2D eigenvalue weighted by atomic mass is 9.84. The molecule has 0 aromatic carbocycles. The lowest BCUT2D eigenvalue weighted by Crippen LogP contribution is -2.47. The molecule has 0 bridgehead atoms. The minimum absolute atomic E-state index is 0.463. The minimum atomic E-state index is -0.582. The molecular weight excluding hydrogens is 222 g/mol. The van der Waals surface area contributed by atoms with Crippen LogP contribution in [0.25, 0.3) is 0 Å². The molecule has 16 heavy (non-hydrogen) atoms. The largest absolute Gasteiger partial charge is 0.389 e. The lowest BCUT2D eigenvalue weighted by Gasteiger charge is -2.34. The van der Waals surface area contributed by atoms with Gasteiger partial charge in [-0.15, -0.1) is 0 Å². The molecule has 0 spiro atoms. The second kappa shape index (κ2) is 5.61. The Morgan fingerprint density at radius 1 is 1.19 bits per heavy atom. The SMILES string of the molecule is O=S1CCC(NCC2(O)CCCCC2)CC1. The van der Waals surface area contributed by atoms with Crippen molar-refractivity contribution in [3.8, 4) is 0 Å². The number of aliphatic hydroxyl groups is 1. The summed E-state index contributed by atoms with van der Waals surface area (Å²) in [5, 5.41) is 13.8. The Kier molecular flexibility index (Phi) is 4.39. The molecule has 0 radical (unpaired) electrons. The van der Waals surface area contributed by atoms with Crippen LogP contribution in [-0.4, -0.2) is 39.0 Å². The van der Waals surface area contributed by atoms with Crippen molar-refractivity contribution in [1.29, 1.82) is 0 Å². The van der Waals surface area contributed by atoms with Crippen molar-refractivity contribution < 1.29 is 9.32 Å². The van der Waals surface area contributed by atoms with Gasteiger partial charge in [-0.05, 0) is 25.7 Å². The maximum absolute atomic E-state index is 11.2. The van der Waals surface area contributed by atoms with Crippen LogP contribution in [0.3, 0.4) is 0 Å². The van der Waals surface area contributed by atoms with Crippen LogP contribution in [0.1, 0.15) is 44.9 Å². The molecule has 2 aliphatic rings. The van der Waals surface area contributed by atoms with Crippen LogP contribution in [-0.2, 0) is 10.8 Å². The first-order valence-electron chi connectivity index (χ1n) is 6.49. The van der Waals surface area contributed by atoms with E-state index in [0.717, 1.165) is 56.6 Å². The Bertz CT molecular complexity index is 241. The first-order chi connectivity index (χ1) is 7.68. The molecule has 3 nitrogen and oxygen atoms in total. The van der Waals surface area contributed by atoms with Gasteiger partial charge in [0.25, 0.3) is 0 Å². The molecule has 0 aromatic heterocycles. The summed E-state index contributed by atoms with van der Waals surface area (Å²) in [6, 6.07) is 0.476. The molecule has 0 unspecified atom stereocenters. The van der Waals surface area contributed by atoms with Crippen LogP contribution in [0.5, 0.6) is 0 Å². The van der Waals surface area contributed by atoms with Crippen molar-refractivity contribution in [1.82, 2.24) is 5.32 Å². The monoisotopic (exact) mass is 245 g/mol. The fourth-order valence-electron chi connectivity index (χ4n) is 2.72. The average molecular weight is 245 g/mol. The van der Waals surface area contributed by atoms with Crippen molar-refractivity contribution in [2.45, 2.75) is 56.6 Å². The van der Waals surface area contributed by atoms with Crippen LogP contribution >= 0.6 is 0 Å². The molecule has 4 heteroatoms. The summed E-state index contributed by atoms with van der Waals surface area (Å²) in [5.74, 6) is 1.66. The Morgan fingerprint density at radius 3 is 2.44 bits per heavy atom. The molecule has 1 heterocycles. The molecule has 2 N–H and O–H groups in total. The zero-order valence-corrected chi connectivity index (χ0v) is 10.7. The zero-order valence-electron chi connectivity index (χ0n) is 9.91. The van der Waals surface area contributed by atoms with Crippen LogP contribution in [0.15, 0.2) is 0 Å². The molecule has 1 aliphatic carbocycles. The van der Waals surface area contributed by atoms with E-state index in [0.29, 0.717) is 6.04 Å². The van der Waals surface area contributed by atoms with Crippen LogP contribution < -0.4 is 5.32 Å². The molecule has 2 fully saturated rings. The smallest absolute Gasteiger partial charge is 0.0771 e. The molecular formula is C12H23NO2S. The van der Waals surface area contributed by atoms with E-state index in [2.05, 4.69) is 5.32 Å². The maximum Gasteiger partial charge on any atom is 0.0771 e. The van der Waals surface area contributed by atoms with E-state index >= 15 is 0 Å². The molecule has 0 atom stereocenters. The summed E-state index contributed by atoms with van der Waals surface area (Å²) < 4.78 is 11.2.